The van der Waals surface area contributed by atoms with Crippen molar-refractivity contribution in [3.8, 4) is 17.1 Å². The Kier molecular flexibility index (Phi) is 5.05. The first-order valence-corrected chi connectivity index (χ1v) is 9.58. The summed E-state index contributed by atoms with van der Waals surface area (Å²) in [6.07, 6.45) is 2.76. The van der Waals surface area contributed by atoms with Crippen molar-refractivity contribution in [2.45, 2.75) is 26.4 Å². The van der Waals surface area contributed by atoms with Gasteiger partial charge in [-0.25, -0.2) is 9.97 Å². The highest BCUT2D eigenvalue weighted by atomic mass is 35.5. The maximum Gasteiger partial charge on any atom is 0.254 e. The zero-order valence-electron chi connectivity index (χ0n) is 15.8. The van der Waals surface area contributed by atoms with Gasteiger partial charge in [0.25, 0.3) is 5.56 Å². The van der Waals surface area contributed by atoms with Gasteiger partial charge in [0.05, 0.1) is 6.54 Å². The zero-order chi connectivity index (χ0) is 19.7. The Hall–Kier alpha value is -2.86. The first kappa shape index (κ1) is 18.5. The smallest absolute Gasteiger partial charge is 0.254 e. The number of halogens is 1. The molecule has 0 spiro atoms. The molecule has 4 rings (SSSR count). The van der Waals surface area contributed by atoms with Crippen molar-refractivity contribution >= 4 is 17.4 Å². The van der Waals surface area contributed by atoms with E-state index in [2.05, 4.69) is 19.9 Å². The molecule has 1 aromatic carbocycles. The summed E-state index contributed by atoms with van der Waals surface area (Å²) in [6.45, 7) is 5.23. The molecule has 1 N–H and O–H groups in total. The summed E-state index contributed by atoms with van der Waals surface area (Å²) in [4.78, 5) is 26.0. The van der Waals surface area contributed by atoms with E-state index in [1.807, 2.05) is 43.3 Å². The third-order valence-corrected chi connectivity index (χ3v) is 5.22. The molecule has 1 aliphatic heterocycles. The average Bonchev–Trinajstić information content (AvgIpc) is 3.14. The van der Waals surface area contributed by atoms with Gasteiger partial charge in [-0.15, -0.1) is 0 Å². The van der Waals surface area contributed by atoms with Crippen LogP contribution < -0.4 is 15.2 Å². The topological polar surface area (TPSA) is 71.1 Å². The molecule has 0 radical (unpaired) electrons. The van der Waals surface area contributed by atoms with Crippen LogP contribution in [-0.4, -0.2) is 34.1 Å². The highest BCUT2D eigenvalue weighted by molar-refractivity contribution is 6.30. The quantitative estimate of drug-likeness (QED) is 0.727. The maximum absolute atomic E-state index is 12.0. The van der Waals surface area contributed by atoms with Gasteiger partial charge in [-0.3, -0.25) is 4.79 Å². The molecule has 1 saturated heterocycles. The molecule has 2 aromatic heterocycles. The summed E-state index contributed by atoms with van der Waals surface area (Å²) in [6, 6.07) is 11.3. The van der Waals surface area contributed by atoms with Crippen molar-refractivity contribution in [2.24, 2.45) is 0 Å². The van der Waals surface area contributed by atoms with E-state index in [1.54, 1.807) is 13.1 Å². The lowest BCUT2D eigenvalue weighted by Crippen LogP contribution is -2.25. The van der Waals surface area contributed by atoms with Crippen LogP contribution >= 0.6 is 11.6 Å². The number of aromatic amines is 1. The molecule has 6 nitrogen and oxygen atoms in total. The monoisotopic (exact) mass is 396 g/mol. The number of aromatic nitrogens is 3. The number of aryl methyl sites for hydroxylation is 1. The molecule has 7 heteroatoms. The van der Waals surface area contributed by atoms with Crippen LogP contribution in [-0.2, 0) is 0 Å². The predicted octanol–water partition coefficient (Wildman–Crippen LogP) is 3.76. The van der Waals surface area contributed by atoms with Crippen LogP contribution in [0.1, 0.15) is 17.7 Å². The van der Waals surface area contributed by atoms with E-state index in [0.717, 1.165) is 42.3 Å². The maximum atomic E-state index is 12.0. The Morgan fingerprint density at radius 3 is 2.82 bits per heavy atom. The van der Waals surface area contributed by atoms with Gasteiger partial charge in [0.1, 0.15) is 23.5 Å². The van der Waals surface area contributed by atoms with Gasteiger partial charge >= 0.3 is 0 Å². The lowest BCUT2D eigenvalue weighted by molar-refractivity contribution is 0.225. The molecule has 144 valence electrons. The summed E-state index contributed by atoms with van der Waals surface area (Å²) in [5, 5.41) is 0.669. The van der Waals surface area contributed by atoms with Crippen LogP contribution in [0.3, 0.4) is 0 Å². The number of ether oxygens (including phenoxy) is 1. The van der Waals surface area contributed by atoms with E-state index >= 15 is 0 Å². The van der Waals surface area contributed by atoms with Gasteiger partial charge in [0.2, 0.25) is 0 Å². The fourth-order valence-corrected chi connectivity index (χ4v) is 3.44. The van der Waals surface area contributed by atoms with Crippen molar-refractivity contribution in [3.05, 3.63) is 69.2 Å². The molecule has 0 bridgehead atoms. The second kappa shape index (κ2) is 7.64. The number of hydrogen-bond donors (Lipinski definition) is 1. The summed E-state index contributed by atoms with van der Waals surface area (Å²) in [7, 11) is 0. The molecule has 1 atom stereocenters. The fraction of sp³-hybridized carbons (Fsp3) is 0.286. The van der Waals surface area contributed by atoms with Gasteiger partial charge < -0.3 is 14.6 Å². The van der Waals surface area contributed by atoms with Gasteiger partial charge in [-0.05, 0) is 44.2 Å². The summed E-state index contributed by atoms with van der Waals surface area (Å²) < 4.78 is 6.03. The third kappa shape index (κ3) is 3.87. The number of anilines is 1. The molecule has 0 saturated carbocycles. The van der Waals surface area contributed by atoms with E-state index in [0.29, 0.717) is 16.4 Å². The molecule has 3 aromatic rings. The van der Waals surface area contributed by atoms with Crippen LogP contribution in [0.25, 0.3) is 11.4 Å². The fourth-order valence-electron chi connectivity index (χ4n) is 3.26. The standard InChI is InChI=1S/C21H21ClN4O2/c1-13-14(2)24-20(25-21(13)27)15-6-7-19(23-11-15)26-9-8-18(12-26)28-17-5-3-4-16(22)10-17/h3-7,10-11,18H,8-9,12H2,1-2H3,(H,24,25,27). The molecule has 3 heterocycles. The minimum Gasteiger partial charge on any atom is -0.488 e. The Morgan fingerprint density at radius 1 is 1.25 bits per heavy atom. The van der Waals surface area contributed by atoms with Gasteiger partial charge in [-0.2, -0.15) is 0 Å². The van der Waals surface area contributed by atoms with E-state index in [9.17, 15) is 4.79 Å². The lowest BCUT2D eigenvalue weighted by Gasteiger charge is -2.18. The predicted molar refractivity (Wildman–Crippen MR) is 110 cm³/mol. The third-order valence-electron chi connectivity index (χ3n) is 4.98. The molecule has 0 aliphatic carbocycles. The number of H-pyrrole nitrogens is 1. The zero-order valence-corrected chi connectivity index (χ0v) is 16.5. The van der Waals surface area contributed by atoms with Crippen LogP contribution in [0.5, 0.6) is 5.75 Å². The van der Waals surface area contributed by atoms with Gasteiger partial charge in [0.15, 0.2) is 0 Å². The molecule has 1 aliphatic rings. The normalized spacial score (nSPS) is 16.4. The summed E-state index contributed by atoms with van der Waals surface area (Å²) >= 11 is 6.02. The number of benzene rings is 1. The largest absolute Gasteiger partial charge is 0.488 e. The minimum atomic E-state index is -0.118. The SMILES string of the molecule is Cc1nc(-c2ccc(N3CCC(Oc4cccc(Cl)c4)C3)nc2)[nH]c(=O)c1C. The number of nitrogens with one attached hydrogen (secondary N) is 1. The summed E-state index contributed by atoms with van der Waals surface area (Å²) in [5.41, 5.74) is 2.03. The van der Waals surface area contributed by atoms with Crippen LogP contribution in [0.15, 0.2) is 47.4 Å². The Bertz CT molecular complexity index is 1050. The Morgan fingerprint density at radius 2 is 2.11 bits per heavy atom. The van der Waals surface area contributed by atoms with Crippen LogP contribution in [0.4, 0.5) is 5.82 Å². The molecule has 1 fully saturated rings. The van der Waals surface area contributed by atoms with Crippen molar-refractivity contribution in [2.75, 3.05) is 18.0 Å². The summed E-state index contributed by atoms with van der Waals surface area (Å²) in [5.74, 6) is 2.20. The van der Waals surface area contributed by atoms with E-state index in [-0.39, 0.29) is 11.7 Å². The Balaban J connectivity index is 1.45. The van der Waals surface area contributed by atoms with Crippen molar-refractivity contribution in [3.63, 3.8) is 0 Å². The van der Waals surface area contributed by atoms with E-state index in [1.165, 1.54) is 0 Å². The van der Waals surface area contributed by atoms with Crippen molar-refractivity contribution in [1.82, 2.24) is 15.0 Å². The van der Waals surface area contributed by atoms with Crippen molar-refractivity contribution < 1.29 is 4.74 Å². The minimum absolute atomic E-state index is 0.0951. The van der Waals surface area contributed by atoms with E-state index < -0.39 is 0 Å². The van der Waals surface area contributed by atoms with E-state index in [4.69, 9.17) is 16.3 Å². The highest BCUT2D eigenvalue weighted by Crippen LogP contribution is 2.25. The molecule has 28 heavy (non-hydrogen) atoms. The van der Waals surface area contributed by atoms with Gasteiger partial charge in [0, 0.05) is 41.0 Å². The molecular formula is C21H21ClN4O2. The second-order valence-corrected chi connectivity index (χ2v) is 7.40. The Labute approximate surface area is 168 Å². The average molecular weight is 397 g/mol. The molecule has 1 unspecified atom stereocenters. The second-order valence-electron chi connectivity index (χ2n) is 6.96. The number of pyridine rings is 1. The number of nitrogens with zero attached hydrogens (tertiary/aromatic N) is 3. The molecule has 0 amide bonds. The first-order valence-electron chi connectivity index (χ1n) is 9.21. The van der Waals surface area contributed by atoms with Crippen LogP contribution in [0, 0.1) is 13.8 Å². The van der Waals surface area contributed by atoms with Gasteiger partial charge in [-0.1, -0.05) is 17.7 Å². The number of rotatable bonds is 4. The van der Waals surface area contributed by atoms with Crippen molar-refractivity contribution in [1.29, 1.82) is 0 Å². The molecular weight excluding hydrogens is 376 g/mol. The first-order chi connectivity index (χ1) is 13.5. The lowest BCUT2D eigenvalue weighted by atomic mass is 10.2. The number of hydrogen-bond acceptors (Lipinski definition) is 5. The highest BCUT2D eigenvalue weighted by Gasteiger charge is 2.25. The van der Waals surface area contributed by atoms with Crippen LogP contribution in [0.2, 0.25) is 5.02 Å².